The first-order valence-electron chi connectivity index (χ1n) is 9.33. The van der Waals surface area contributed by atoms with Crippen molar-refractivity contribution >= 4 is 33.2 Å². The highest BCUT2D eigenvalue weighted by Gasteiger charge is 2.34. The number of hydrogen-bond acceptors (Lipinski definition) is 3. The van der Waals surface area contributed by atoms with Gasteiger partial charge in [0.2, 0.25) is 15.9 Å². The van der Waals surface area contributed by atoms with E-state index in [-0.39, 0.29) is 12.5 Å². The van der Waals surface area contributed by atoms with Crippen LogP contribution >= 0.6 is 11.6 Å². The first kappa shape index (κ1) is 20.8. The molecule has 2 aromatic rings. The van der Waals surface area contributed by atoms with Crippen molar-refractivity contribution in [3.8, 4) is 0 Å². The van der Waals surface area contributed by atoms with Crippen LogP contribution in [0, 0.1) is 26.7 Å². The van der Waals surface area contributed by atoms with E-state index in [1.54, 1.807) is 25.1 Å². The second-order valence-corrected chi connectivity index (χ2v) is 9.76. The largest absolute Gasteiger partial charge is 0.326 e. The van der Waals surface area contributed by atoms with E-state index >= 15 is 0 Å². The Morgan fingerprint density at radius 3 is 2.57 bits per heavy atom. The van der Waals surface area contributed by atoms with Crippen LogP contribution in [0.5, 0.6) is 0 Å². The quantitative estimate of drug-likeness (QED) is 0.801. The standard InChI is InChI=1S/C21H25ClN2O3S/c1-14-6-7-16(3)20(11-14)28(26,27)24-10-4-5-17(13-24)21(25)23-19-12-18(22)9-8-15(19)2/h6-9,11-12,17H,4-5,10,13H2,1-3H3,(H,23,25)/t17-/m1/s1. The Hall–Kier alpha value is -1.89. The molecule has 0 aliphatic carbocycles. The summed E-state index contributed by atoms with van der Waals surface area (Å²) in [6.45, 7) is 6.17. The van der Waals surface area contributed by atoms with Crippen molar-refractivity contribution in [2.45, 2.75) is 38.5 Å². The third kappa shape index (κ3) is 4.40. The molecule has 2 aromatic carbocycles. The maximum atomic E-state index is 13.2. The molecular weight excluding hydrogens is 396 g/mol. The first-order chi connectivity index (χ1) is 13.2. The third-order valence-corrected chi connectivity index (χ3v) is 7.42. The summed E-state index contributed by atoms with van der Waals surface area (Å²) in [4.78, 5) is 13.1. The fourth-order valence-corrected chi connectivity index (χ4v) is 5.47. The van der Waals surface area contributed by atoms with Gasteiger partial charge in [-0.1, -0.05) is 29.8 Å². The summed E-state index contributed by atoms with van der Waals surface area (Å²) in [6, 6.07) is 10.7. The van der Waals surface area contributed by atoms with Gasteiger partial charge < -0.3 is 5.32 Å². The topological polar surface area (TPSA) is 66.5 Å². The van der Waals surface area contributed by atoms with Gasteiger partial charge in [0.15, 0.2) is 0 Å². The van der Waals surface area contributed by atoms with Crippen LogP contribution < -0.4 is 5.32 Å². The summed E-state index contributed by atoms with van der Waals surface area (Å²) in [5, 5.41) is 3.45. The predicted octanol–water partition coefficient (Wildman–Crippen LogP) is 4.30. The molecule has 3 rings (SSSR count). The fraction of sp³-hybridized carbons (Fsp3) is 0.381. The predicted molar refractivity (Wildman–Crippen MR) is 112 cm³/mol. The van der Waals surface area contributed by atoms with E-state index in [9.17, 15) is 13.2 Å². The number of nitrogens with zero attached hydrogens (tertiary/aromatic N) is 1. The summed E-state index contributed by atoms with van der Waals surface area (Å²) >= 11 is 6.03. The molecule has 0 spiro atoms. The van der Waals surface area contributed by atoms with E-state index in [1.165, 1.54) is 4.31 Å². The van der Waals surface area contributed by atoms with E-state index in [0.717, 1.165) is 11.1 Å². The van der Waals surface area contributed by atoms with Gasteiger partial charge in [-0.15, -0.1) is 0 Å². The number of amides is 1. The summed E-state index contributed by atoms with van der Waals surface area (Å²) in [6.07, 6.45) is 1.31. The maximum Gasteiger partial charge on any atom is 0.243 e. The number of anilines is 1. The second kappa shape index (κ2) is 8.23. The zero-order chi connectivity index (χ0) is 20.5. The number of rotatable bonds is 4. The van der Waals surface area contributed by atoms with Gasteiger partial charge in [0.25, 0.3) is 0 Å². The van der Waals surface area contributed by atoms with Crippen LogP contribution in [0.3, 0.4) is 0 Å². The van der Waals surface area contributed by atoms with Crippen molar-refractivity contribution in [3.63, 3.8) is 0 Å². The van der Waals surface area contributed by atoms with Crippen molar-refractivity contribution in [2.24, 2.45) is 5.92 Å². The van der Waals surface area contributed by atoms with Gasteiger partial charge in [0.1, 0.15) is 0 Å². The average molecular weight is 421 g/mol. The molecule has 1 N–H and O–H groups in total. The Kier molecular flexibility index (Phi) is 6.12. The van der Waals surface area contributed by atoms with E-state index < -0.39 is 15.9 Å². The smallest absolute Gasteiger partial charge is 0.243 e. The van der Waals surface area contributed by atoms with Crippen LogP contribution in [0.15, 0.2) is 41.3 Å². The van der Waals surface area contributed by atoms with Gasteiger partial charge >= 0.3 is 0 Å². The number of halogens is 1. The number of benzene rings is 2. The van der Waals surface area contributed by atoms with E-state index in [0.29, 0.717) is 40.6 Å². The van der Waals surface area contributed by atoms with Crippen LogP contribution in [0.4, 0.5) is 5.69 Å². The maximum absolute atomic E-state index is 13.2. The van der Waals surface area contributed by atoms with Crippen LogP contribution in [-0.2, 0) is 14.8 Å². The highest BCUT2D eigenvalue weighted by atomic mass is 35.5. The van der Waals surface area contributed by atoms with Crippen LogP contribution in [0.1, 0.15) is 29.5 Å². The molecule has 1 aliphatic rings. The van der Waals surface area contributed by atoms with Crippen molar-refractivity contribution in [1.29, 1.82) is 0 Å². The number of nitrogens with one attached hydrogen (secondary N) is 1. The molecule has 7 heteroatoms. The molecule has 1 fully saturated rings. The van der Waals surface area contributed by atoms with Crippen molar-refractivity contribution in [1.82, 2.24) is 4.31 Å². The second-order valence-electron chi connectivity index (χ2n) is 7.42. The molecule has 150 valence electrons. The molecule has 0 radical (unpaired) electrons. The number of carbonyl (C=O) groups is 1. The zero-order valence-corrected chi connectivity index (χ0v) is 17.9. The van der Waals surface area contributed by atoms with E-state index in [4.69, 9.17) is 11.6 Å². The van der Waals surface area contributed by atoms with Crippen LogP contribution in [-0.4, -0.2) is 31.7 Å². The van der Waals surface area contributed by atoms with E-state index in [1.807, 2.05) is 32.0 Å². The third-order valence-electron chi connectivity index (χ3n) is 5.17. The molecule has 1 amide bonds. The minimum Gasteiger partial charge on any atom is -0.326 e. The summed E-state index contributed by atoms with van der Waals surface area (Å²) in [5.74, 6) is -0.571. The Balaban J connectivity index is 1.79. The van der Waals surface area contributed by atoms with Gasteiger partial charge in [-0.2, -0.15) is 4.31 Å². The average Bonchev–Trinajstić information content (AvgIpc) is 2.66. The molecule has 0 saturated carbocycles. The van der Waals surface area contributed by atoms with Crippen molar-refractivity contribution < 1.29 is 13.2 Å². The van der Waals surface area contributed by atoms with Crippen molar-refractivity contribution in [3.05, 3.63) is 58.1 Å². The van der Waals surface area contributed by atoms with Gasteiger partial charge in [-0.05, 0) is 68.5 Å². The lowest BCUT2D eigenvalue weighted by molar-refractivity contribution is -0.120. The first-order valence-corrected chi connectivity index (χ1v) is 11.1. The Labute approximate surface area is 171 Å². The molecule has 0 bridgehead atoms. The molecule has 28 heavy (non-hydrogen) atoms. The molecule has 1 atom stereocenters. The van der Waals surface area contributed by atoms with Gasteiger partial charge in [0.05, 0.1) is 10.8 Å². The minimum absolute atomic E-state index is 0.175. The molecule has 1 aliphatic heterocycles. The monoisotopic (exact) mass is 420 g/mol. The SMILES string of the molecule is Cc1ccc(C)c(S(=O)(=O)N2CCC[C@@H](C(=O)Nc3cc(Cl)ccc3C)C2)c1. The normalized spacial score (nSPS) is 18.1. The Morgan fingerprint density at radius 2 is 1.82 bits per heavy atom. The zero-order valence-electron chi connectivity index (χ0n) is 16.3. The van der Waals surface area contributed by atoms with Crippen LogP contribution in [0.2, 0.25) is 5.02 Å². The summed E-state index contributed by atoms with van der Waals surface area (Å²) in [5.41, 5.74) is 3.18. The number of carbonyl (C=O) groups excluding carboxylic acids is 1. The summed E-state index contributed by atoms with van der Waals surface area (Å²) < 4.78 is 27.8. The van der Waals surface area contributed by atoms with Crippen LogP contribution in [0.25, 0.3) is 0 Å². The fourth-order valence-electron chi connectivity index (χ4n) is 3.46. The van der Waals surface area contributed by atoms with E-state index in [2.05, 4.69) is 5.32 Å². The number of aryl methyl sites for hydroxylation is 3. The molecule has 1 heterocycles. The number of hydrogen-bond donors (Lipinski definition) is 1. The molecular formula is C21H25ClN2O3S. The Bertz CT molecular complexity index is 1000. The molecule has 0 aromatic heterocycles. The highest BCUT2D eigenvalue weighted by Crippen LogP contribution is 2.28. The number of sulfonamides is 1. The van der Waals surface area contributed by atoms with Crippen molar-refractivity contribution in [2.75, 3.05) is 18.4 Å². The van der Waals surface area contributed by atoms with Gasteiger partial charge in [-0.25, -0.2) is 8.42 Å². The number of piperidine rings is 1. The lowest BCUT2D eigenvalue weighted by atomic mass is 9.98. The minimum atomic E-state index is -3.64. The van der Waals surface area contributed by atoms with Gasteiger partial charge in [0, 0.05) is 23.8 Å². The molecule has 5 nitrogen and oxygen atoms in total. The lowest BCUT2D eigenvalue weighted by Gasteiger charge is -2.31. The summed E-state index contributed by atoms with van der Waals surface area (Å²) in [7, 11) is -3.64. The molecule has 0 unspecified atom stereocenters. The lowest BCUT2D eigenvalue weighted by Crippen LogP contribution is -2.43. The van der Waals surface area contributed by atoms with Gasteiger partial charge in [-0.3, -0.25) is 4.79 Å². The Morgan fingerprint density at radius 1 is 1.11 bits per heavy atom. The highest BCUT2D eigenvalue weighted by molar-refractivity contribution is 7.89. The molecule has 1 saturated heterocycles.